The molecule has 1 spiro atoms. The Bertz CT molecular complexity index is 1190. The van der Waals surface area contributed by atoms with E-state index >= 15 is 0 Å². The molecule has 0 atom stereocenters. The van der Waals surface area contributed by atoms with Gasteiger partial charge in [0.25, 0.3) is 0 Å². The summed E-state index contributed by atoms with van der Waals surface area (Å²) in [5.41, 5.74) is 6.38. The third kappa shape index (κ3) is 3.54. The molecule has 4 aromatic rings. The summed E-state index contributed by atoms with van der Waals surface area (Å²) in [6.07, 6.45) is 9.43. The molecule has 0 radical (unpaired) electrons. The van der Waals surface area contributed by atoms with Gasteiger partial charge >= 0.3 is 0 Å². The van der Waals surface area contributed by atoms with Gasteiger partial charge in [-0.1, -0.05) is 133 Å². The smallest absolute Gasteiger partial charge is 0.0221 e. The second-order valence-electron chi connectivity index (χ2n) is 8.77. The van der Waals surface area contributed by atoms with Gasteiger partial charge in [-0.3, -0.25) is 0 Å². The molecule has 0 aromatic heterocycles. The fourth-order valence-corrected chi connectivity index (χ4v) is 6.12. The van der Waals surface area contributed by atoms with Gasteiger partial charge in [-0.25, -0.2) is 0 Å². The number of benzene rings is 4. The minimum Gasteiger partial charge on any atom is -0.0683 e. The Morgan fingerprint density at radius 2 is 1.12 bits per heavy atom. The molecule has 0 unspecified atom stereocenters. The van der Waals surface area contributed by atoms with Crippen LogP contribution >= 0.6 is 0 Å². The predicted octanol–water partition coefficient (Wildman–Crippen LogP) is 10.1. The maximum atomic E-state index is 2.42. The number of fused-ring (bicyclic) bond motifs is 9. The van der Waals surface area contributed by atoms with Gasteiger partial charge in [-0.15, -0.1) is 0 Å². The zero-order valence-corrected chi connectivity index (χ0v) is 20.4. The average molecular weight is 423 g/mol. The Morgan fingerprint density at radius 3 is 1.91 bits per heavy atom. The lowest BCUT2D eigenvalue weighted by molar-refractivity contribution is 0.375. The Hall–Kier alpha value is -2.60. The molecule has 2 aliphatic rings. The second kappa shape index (κ2) is 9.90. The van der Waals surface area contributed by atoms with E-state index in [4.69, 9.17) is 0 Å². The van der Waals surface area contributed by atoms with Crippen LogP contribution in [-0.2, 0) is 5.41 Å². The molecule has 4 aromatic carbocycles. The van der Waals surface area contributed by atoms with Crippen LogP contribution in [0.3, 0.4) is 0 Å². The topological polar surface area (TPSA) is 0 Å². The second-order valence-corrected chi connectivity index (χ2v) is 8.77. The Morgan fingerprint density at radius 1 is 0.531 bits per heavy atom. The van der Waals surface area contributed by atoms with E-state index in [0.29, 0.717) is 0 Å². The first-order valence-electron chi connectivity index (χ1n) is 12.9. The molecule has 0 aliphatic heterocycles. The first-order valence-corrected chi connectivity index (χ1v) is 12.9. The summed E-state index contributed by atoms with van der Waals surface area (Å²) in [5.74, 6) is 0. The van der Waals surface area contributed by atoms with Gasteiger partial charge in [0.2, 0.25) is 0 Å². The van der Waals surface area contributed by atoms with Crippen molar-refractivity contribution in [2.24, 2.45) is 0 Å². The lowest BCUT2D eigenvalue weighted by Crippen LogP contribution is -2.26. The van der Waals surface area contributed by atoms with Crippen LogP contribution in [0.25, 0.3) is 32.7 Å². The van der Waals surface area contributed by atoms with E-state index in [1.54, 1.807) is 11.1 Å². The molecule has 166 valence electrons. The van der Waals surface area contributed by atoms with Crippen LogP contribution in [0.4, 0.5) is 0 Å². The zero-order valence-electron chi connectivity index (χ0n) is 20.4. The minimum absolute atomic E-state index is 0.190. The minimum atomic E-state index is 0.190. The lowest BCUT2D eigenvalue weighted by Gasteiger charge is -2.35. The highest BCUT2D eigenvalue weighted by molar-refractivity contribution is 6.12. The first kappa shape index (κ1) is 22.6. The van der Waals surface area contributed by atoms with E-state index < -0.39 is 0 Å². The fraction of sp³-hybridized carbons (Fsp3) is 0.375. The van der Waals surface area contributed by atoms with Crippen LogP contribution in [0.2, 0.25) is 0 Å². The summed E-state index contributed by atoms with van der Waals surface area (Å²) in [6, 6.07) is 27.6. The maximum absolute atomic E-state index is 2.42. The average Bonchev–Trinajstić information content (AvgIpc) is 3.14. The number of hydrogen-bond donors (Lipinski definition) is 0. The molecule has 32 heavy (non-hydrogen) atoms. The van der Waals surface area contributed by atoms with Gasteiger partial charge in [0.05, 0.1) is 0 Å². The van der Waals surface area contributed by atoms with Crippen molar-refractivity contribution in [3.63, 3.8) is 0 Å². The normalized spacial score (nSPS) is 16.1. The molecular formula is C32H38. The van der Waals surface area contributed by atoms with E-state index in [1.165, 1.54) is 77.6 Å². The van der Waals surface area contributed by atoms with Crippen molar-refractivity contribution < 1.29 is 0 Å². The maximum Gasteiger partial charge on any atom is 0.0221 e. The predicted molar refractivity (Wildman–Crippen MR) is 143 cm³/mol. The fourth-order valence-electron chi connectivity index (χ4n) is 6.12. The van der Waals surface area contributed by atoms with Crippen molar-refractivity contribution in [1.29, 1.82) is 0 Å². The summed E-state index contributed by atoms with van der Waals surface area (Å²) in [6.45, 7) is 8.00. The highest BCUT2D eigenvalue weighted by Gasteiger charge is 2.43. The highest BCUT2D eigenvalue weighted by atomic mass is 14.5. The van der Waals surface area contributed by atoms with Crippen molar-refractivity contribution in [1.82, 2.24) is 0 Å². The Labute approximate surface area is 194 Å². The van der Waals surface area contributed by atoms with Crippen LogP contribution in [0.5, 0.6) is 0 Å². The molecule has 6 rings (SSSR count). The molecule has 0 bridgehead atoms. The molecule has 0 N–H and O–H groups in total. The van der Waals surface area contributed by atoms with Crippen LogP contribution in [0.15, 0.2) is 72.8 Å². The first-order chi connectivity index (χ1) is 15.9. The lowest BCUT2D eigenvalue weighted by atomic mass is 9.68. The van der Waals surface area contributed by atoms with Gasteiger partial charge in [0.1, 0.15) is 0 Å². The summed E-state index contributed by atoms with van der Waals surface area (Å²) >= 11 is 0. The monoisotopic (exact) mass is 422 g/mol. The van der Waals surface area contributed by atoms with E-state index in [0.717, 1.165) is 0 Å². The Kier molecular flexibility index (Phi) is 6.99. The van der Waals surface area contributed by atoms with Gasteiger partial charge in [-0.05, 0) is 56.6 Å². The van der Waals surface area contributed by atoms with Gasteiger partial charge in [0, 0.05) is 5.41 Å². The Balaban J connectivity index is 0.000000582. The largest absolute Gasteiger partial charge is 0.0683 e. The van der Waals surface area contributed by atoms with Crippen molar-refractivity contribution in [3.8, 4) is 11.1 Å². The quantitative estimate of drug-likeness (QED) is 0.247. The van der Waals surface area contributed by atoms with Crippen molar-refractivity contribution in [2.45, 2.75) is 78.1 Å². The molecule has 1 saturated carbocycles. The molecule has 0 heterocycles. The van der Waals surface area contributed by atoms with Crippen LogP contribution in [-0.4, -0.2) is 0 Å². The molecule has 0 nitrogen and oxygen atoms in total. The van der Waals surface area contributed by atoms with E-state index in [-0.39, 0.29) is 5.41 Å². The molecule has 0 heteroatoms. The third-order valence-electron chi connectivity index (χ3n) is 7.33. The van der Waals surface area contributed by atoms with Crippen molar-refractivity contribution in [3.05, 3.63) is 83.9 Å². The summed E-state index contributed by atoms with van der Waals surface area (Å²) in [4.78, 5) is 0. The van der Waals surface area contributed by atoms with Crippen molar-refractivity contribution in [2.75, 3.05) is 0 Å². The molecule has 0 saturated heterocycles. The van der Waals surface area contributed by atoms with Gasteiger partial charge in [-0.2, -0.15) is 0 Å². The van der Waals surface area contributed by atoms with Crippen LogP contribution < -0.4 is 0 Å². The summed E-state index contributed by atoms with van der Waals surface area (Å²) in [7, 11) is 0. The van der Waals surface area contributed by atoms with Crippen molar-refractivity contribution >= 4 is 21.5 Å². The van der Waals surface area contributed by atoms with E-state index in [1.807, 2.05) is 27.7 Å². The SMILES string of the molecule is CC.CC.c1ccc2c(c1)-c1ccc3ccc4ccccc4c3c1C21CCCCCCC1. The zero-order chi connectivity index (χ0) is 22.6. The van der Waals surface area contributed by atoms with Crippen LogP contribution in [0, 0.1) is 0 Å². The third-order valence-corrected chi connectivity index (χ3v) is 7.33. The molecule has 1 fully saturated rings. The summed E-state index contributed by atoms with van der Waals surface area (Å²) < 4.78 is 0. The molecule has 2 aliphatic carbocycles. The molecular weight excluding hydrogens is 384 g/mol. The summed E-state index contributed by atoms with van der Waals surface area (Å²) in [5, 5.41) is 5.69. The van der Waals surface area contributed by atoms with E-state index in [2.05, 4.69) is 72.8 Å². The highest BCUT2D eigenvalue weighted by Crippen LogP contribution is 2.57. The van der Waals surface area contributed by atoms with E-state index in [9.17, 15) is 0 Å². The van der Waals surface area contributed by atoms with Gasteiger partial charge < -0.3 is 0 Å². The molecule has 0 amide bonds. The van der Waals surface area contributed by atoms with Crippen LogP contribution in [0.1, 0.15) is 83.8 Å². The van der Waals surface area contributed by atoms with Gasteiger partial charge in [0.15, 0.2) is 0 Å². The standard InChI is InChI=1S/C28H26.2C2H6/c1-2-8-18-28(19-9-3-1)25-13-7-6-12-23(25)24-17-16-21-15-14-20-10-4-5-11-22(20)26(21)27(24)28;2*1-2/h4-7,10-17H,1-3,8-9,18-19H2;2*1-2H3. The number of rotatable bonds is 0. The number of hydrogen-bond acceptors (Lipinski definition) is 0.